The van der Waals surface area contributed by atoms with Crippen LogP contribution in [0.1, 0.15) is 10.4 Å². The number of hydrogen-bond acceptors (Lipinski definition) is 4. The molecule has 0 bridgehead atoms. The summed E-state index contributed by atoms with van der Waals surface area (Å²) in [6, 6.07) is 20.2. The summed E-state index contributed by atoms with van der Waals surface area (Å²) >= 11 is 4.81. The van der Waals surface area contributed by atoms with E-state index in [0.717, 1.165) is 11.1 Å². The van der Waals surface area contributed by atoms with Crippen LogP contribution in [0.25, 0.3) is 10.8 Å². The molecule has 6 nitrogen and oxygen atoms in total. The Morgan fingerprint density at radius 1 is 0.962 bits per heavy atom. The molecule has 0 radical (unpaired) electrons. The lowest BCUT2D eigenvalue weighted by molar-refractivity contribution is 0.0985. The van der Waals surface area contributed by atoms with Crippen molar-refractivity contribution in [1.82, 2.24) is 4.72 Å². The van der Waals surface area contributed by atoms with Crippen LogP contribution in [0.3, 0.4) is 0 Å². The molecule has 0 unspecified atom stereocenters. The minimum Gasteiger partial charge on any atom is -0.376 e. The van der Waals surface area contributed by atoms with Gasteiger partial charge in [0.2, 0.25) is 0 Å². The number of thiocarbonyl (C=S) groups is 1. The standard InChI is InChI=1S/C11H10N2S.C7H5NO3S/c12-11(14)13-10-7-3-5-8-4-1-2-6-9(8)10;9-7-5-3-1-2-4-6(5)12(10,11)8-7/h1-7H,(H3,12,13,14);1-4H,(H,8,9). The zero-order chi connectivity index (χ0) is 18.7. The predicted octanol–water partition coefficient (Wildman–Crippen LogP) is 2.61. The number of rotatable bonds is 1. The monoisotopic (exact) mass is 385 g/mol. The van der Waals surface area contributed by atoms with Crippen LogP contribution in [0.2, 0.25) is 0 Å². The van der Waals surface area contributed by atoms with Gasteiger partial charge in [0.25, 0.3) is 15.9 Å². The van der Waals surface area contributed by atoms with Gasteiger partial charge in [0.05, 0.1) is 5.56 Å². The summed E-state index contributed by atoms with van der Waals surface area (Å²) in [6.45, 7) is 0. The average molecular weight is 385 g/mol. The van der Waals surface area contributed by atoms with E-state index < -0.39 is 15.9 Å². The third-order valence-electron chi connectivity index (χ3n) is 3.70. The van der Waals surface area contributed by atoms with Gasteiger partial charge in [0, 0.05) is 11.1 Å². The van der Waals surface area contributed by atoms with Crippen LogP contribution in [0, 0.1) is 0 Å². The van der Waals surface area contributed by atoms with Crippen LogP contribution < -0.4 is 15.8 Å². The quantitative estimate of drug-likeness (QED) is 0.557. The molecule has 8 heteroatoms. The maximum atomic E-state index is 11.1. The van der Waals surface area contributed by atoms with E-state index in [0.29, 0.717) is 5.11 Å². The van der Waals surface area contributed by atoms with Crippen molar-refractivity contribution in [2.45, 2.75) is 4.90 Å². The van der Waals surface area contributed by atoms with E-state index in [1.54, 1.807) is 12.1 Å². The summed E-state index contributed by atoms with van der Waals surface area (Å²) in [5.41, 5.74) is 6.61. The second kappa shape index (κ2) is 7.11. The molecule has 3 aromatic carbocycles. The summed E-state index contributed by atoms with van der Waals surface area (Å²) in [4.78, 5) is 11.1. The molecular weight excluding hydrogens is 370 g/mol. The van der Waals surface area contributed by atoms with Gasteiger partial charge in [0.1, 0.15) is 4.90 Å². The fraction of sp³-hybridized carbons (Fsp3) is 0. The van der Waals surface area contributed by atoms with Gasteiger partial charge in [-0.2, -0.15) is 0 Å². The molecule has 0 spiro atoms. The molecule has 4 N–H and O–H groups in total. The van der Waals surface area contributed by atoms with Gasteiger partial charge in [-0.25, -0.2) is 13.1 Å². The Balaban J connectivity index is 0.000000152. The van der Waals surface area contributed by atoms with Crippen molar-refractivity contribution in [2.75, 3.05) is 5.32 Å². The molecule has 0 saturated heterocycles. The highest BCUT2D eigenvalue weighted by molar-refractivity contribution is 7.90. The number of carbonyl (C=O) groups excluding carboxylic acids is 1. The molecule has 1 aliphatic heterocycles. The minimum absolute atomic E-state index is 0.0648. The van der Waals surface area contributed by atoms with Crippen LogP contribution in [-0.2, 0) is 10.0 Å². The zero-order valence-electron chi connectivity index (χ0n) is 13.5. The van der Waals surface area contributed by atoms with E-state index >= 15 is 0 Å². The molecule has 0 saturated carbocycles. The van der Waals surface area contributed by atoms with Gasteiger partial charge >= 0.3 is 0 Å². The van der Waals surface area contributed by atoms with Crippen molar-refractivity contribution in [3.63, 3.8) is 0 Å². The van der Waals surface area contributed by atoms with E-state index in [4.69, 9.17) is 18.0 Å². The van der Waals surface area contributed by atoms with E-state index in [1.807, 2.05) is 35.1 Å². The number of fused-ring (bicyclic) bond motifs is 2. The first-order valence-corrected chi connectivity index (χ1v) is 9.48. The normalized spacial score (nSPS) is 13.9. The smallest absolute Gasteiger partial charge is 0.266 e. The predicted molar refractivity (Wildman–Crippen MR) is 105 cm³/mol. The van der Waals surface area contributed by atoms with Crippen molar-refractivity contribution in [1.29, 1.82) is 0 Å². The van der Waals surface area contributed by atoms with E-state index in [1.165, 1.54) is 17.5 Å². The number of amides is 1. The topological polar surface area (TPSA) is 101 Å². The Hall–Kier alpha value is -2.97. The molecule has 0 aromatic heterocycles. The summed E-state index contributed by atoms with van der Waals surface area (Å²) < 4.78 is 24.2. The lowest BCUT2D eigenvalue weighted by Crippen LogP contribution is -2.20. The van der Waals surface area contributed by atoms with Gasteiger partial charge in [0.15, 0.2) is 5.11 Å². The summed E-state index contributed by atoms with van der Waals surface area (Å²) in [6.07, 6.45) is 0. The Morgan fingerprint density at radius 3 is 2.35 bits per heavy atom. The Kier molecular flexibility index (Phi) is 4.88. The molecule has 3 aromatic rings. The number of sulfonamides is 1. The Bertz CT molecular complexity index is 1110. The fourth-order valence-corrected chi connectivity index (χ4v) is 3.87. The van der Waals surface area contributed by atoms with Crippen LogP contribution in [0.5, 0.6) is 0 Å². The minimum atomic E-state index is -3.55. The number of nitrogens with two attached hydrogens (primary N) is 1. The molecule has 0 aliphatic carbocycles. The maximum Gasteiger partial charge on any atom is 0.266 e. The zero-order valence-corrected chi connectivity index (χ0v) is 15.1. The molecule has 1 aliphatic rings. The first-order valence-electron chi connectivity index (χ1n) is 7.59. The molecule has 4 rings (SSSR count). The van der Waals surface area contributed by atoms with Gasteiger partial charge in [-0.1, -0.05) is 48.5 Å². The Morgan fingerprint density at radius 2 is 1.62 bits per heavy atom. The number of nitrogens with one attached hydrogen (secondary N) is 2. The number of anilines is 1. The fourth-order valence-electron chi connectivity index (χ4n) is 2.59. The van der Waals surface area contributed by atoms with Gasteiger partial charge < -0.3 is 11.1 Å². The number of hydrogen-bond donors (Lipinski definition) is 3. The largest absolute Gasteiger partial charge is 0.376 e. The average Bonchev–Trinajstić information content (AvgIpc) is 2.85. The van der Waals surface area contributed by atoms with Crippen molar-refractivity contribution in [3.05, 3.63) is 72.3 Å². The Labute approximate surface area is 156 Å². The third-order valence-corrected chi connectivity index (χ3v) is 5.19. The van der Waals surface area contributed by atoms with Gasteiger partial charge in [-0.05, 0) is 35.8 Å². The highest BCUT2D eigenvalue weighted by atomic mass is 32.2. The van der Waals surface area contributed by atoms with E-state index in [9.17, 15) is 13.2 Å². The van der Waals surface area contributed by atoms with Gasteiger partial charge in [-0.3, -0.25) is 4.79 Å². The van der Waals surface area contributed by atoms with Crippen LogP contribution in [0.4, 0.5) is 5.69 Å². The van der Waals surface area contributed by atoms with E-state index in [2.05, 4.69) is 17.4 Å². The SMILES string of the molecule is NC(=S)Nc1cccc2ccccc12.O=C1NS(=O)(=O)c2ccccc21. The van der Waals surface area contributed by atoms with E-state index in [-0.39, 0.29) is 10.5 Å². The molecule has 0 atom stereocenters. The molecule has 0 fully saturated rings. The highest BCUT2D eigenvalue weighted by Gasteiger charge is 2.31. The van der Waals surface area contributed by atoms with Crippen molar-refractivity contribution < 1.29 is 13.2 Å². The summed E-state index contributed by atoms with van der Waals surface area (Å²) in [5.74, 6) is -0.550. The second-order valence-corrected chi connectivity index (χ2v) is 7.54. The first kappa shape index (κ1) is 17.8. The summed E-state index contributed by atoms with van der Waals surface area (Å²) in [5, 5.41) is 5.55. The number of carbonyl (C=O) groups is 1. The highest BCUT2D eigenvalue weighted by Crippen LogP contribution is 2.22. The third kappa shape index (κ3) is 3.66. The van der Waals surface area contributed by atoms with Crippen molar-refractivity contribution >= 4 is 49.7 Å². The van der Waals surface area contributed by atoms with Crippen molar-refractivity contribution in [3.8, 4) is 0 Å². The molecule has 1 heterocycles. The van der Waals surface area contributed by atoms with Crippen LogP contribution in [0.15, 0.2) is 71.6 Å². The summed E-state index contributed by atoms with van der Waals surface area (Å²) in [7, 11) is -3.55. The molecular formula is C18H15N3O3S2. The van der Waals surface area contributed by atoms with Gasteiger partial charge in [-0.15, -0.1) is 0 Å². The maximum absolute atomic E-state index is 11.1. The molecule has 1 amide bonds. The molecule has 132 valence electrons. The van der Waals surface area contributed by atoms with Crippen molar-refractivity contribution in [2.24, 2.45) is 5.73 Å². The lowest BCUT2D eigenvalue weighted by atomic mass is 10.1. The van der Waals surface area contributed by atoms with Crippen LogP contribution in [-0.4, -0.2) is 19.4 Å². The second-order valence-electron chi connectivity index (χ2n) is 5.45. The van der Waals surface area contributed by atoms with Crippen LogP contribution >= 0.6 is 12.2 Å². The first-order chi connectivity index (χ1) is 12.4. The number of benzene rings is 3. The molecule has 26 heavy (non-hydrogen) atoms. The lowest BCUT2D eigenvalue weighted by Gasteiger charge is -2.07.